The molecule has 0 amide bonds. The first-order chi connectivity index (χ1) is 13.5. The Labute approximate surface area is 158 Å². The van der Waals surface area contributed by atoms with E-state index in [1.54, 1.807) is 19.1 Å². The first-order valence-electron chi connectivity index (χ1n) is 8.64. The summed E-state index contributed by atoms with van der Waals surface area (Å²) in [7, 11) is 0. The monoisotopic (exact) mass is 392 g/mol. The lowest BCUT2D eigenvalue weighted by molar-refractivity contribution is -0.0299. The largest absolute Gasteiger partial charge is 0.471 e. The van der Waals surface area contributed by atoms with Crippen LogP contribution in [0, 0.1) is 0 Å². The van der Waals surface area contributed by atoms with Crippen LogP contribution in [-0.2, 0) is 11.3 Å². The molecule has 2 N–H and O–H groups in total. The van der Waals surface area contributed by atoms with Gasteiger partial charge in [0.2, 0.25) is 5.88 Å². The topological polar surface area (TPSA) is 103 Å². The molecule has 148 valence electrons. The van der Waals surface area contributed by atoms with E-state index in [2.05, 4.69) is 15.0 Å². The molecule has 28 heavy (non-hydrogen) atoms. The molecule has 4 atom stereocenters. The third-order valence-corrected chi connectivity index (χ3v) is 4.68. The van der Waals surface area contributed by atoms with Gasteiger partial charge in [0.05, 0.1) is 12.4 Å². The van der Waals surface area contributed by atoms with Gasteiger partial charge in [0.1, 0.15) is 25.1 Å². The fraction of sp³-hybridized carbons (Fsp3) is 0.389. The average molecular weight is 392 g/mol. The normalized spacial score (nSPS) is 24.9. The number of alkyl halides is 2. The second-order valence-electron chi connectivity index (χ2n) is 6.55. The van der Waals surface area contributed by atoms with Crippen LogP contribution in [0.1, 0.15) is 30.7 Å². The van der Waals surface area contributed by atoms with Crippen LogP contribution in [-0.4, -0.2) is 48.0 Å². The highest BCUT2D eigenvalue weighted by Crippen LogP contribution is 2.32. The lowest BCUT2D eigenvalue weighted by Crippen LogP contribution is -2.30. The molecule has 2 aromatic heterocycles. The summed E-state index contributed by atoms with van der Waals surface area (Å²) in [6, 6.07) is 5.81. The molecule has 1 aromatic carbocycles. The van der Waals surface area contributed by atoms with Crippen LogP contribution >= 0.6 is 0 Å². The second-order valence-corrected chi connectivity index (χ2v) is 6.55. The molecule has 3 aromatic rings. The Kier molecular flexibility index (Phi) is 4.92. The molecule has 8 nitrogen and oxygen atoms in total. The Hall–Kier alpha value is -2.69. The van der Waals surface area contributed by atoms with Gasteiger partial charge < -0.3 is 19.7 Å². The van der Waals surface area contributed by atoms with Crippen molar-refractivity contribution < 1.29 is 28.5 Å². The number of aliphatic hydroxyl groups excluding tert-OH is 2. The lowest BCUT2D eigenvalue weighted by atomic mass is 10.1. The van der Waals surface area contributed by atoms with Gasteiger partial charge in [-0.05, 0) is 12.5 Å². The smallest absolute Gasteiger partial charge is 0.263 e. The van der Waals surface area contributed by atoms with Crippen molar-refractivity contribution in [2.75, 3.05) is 0 Å². The number of imidazole rings is 1. The van der Waals surface area contributed by atoms with Crippen molar-refractivity contribution in [1.82, 2.24) is 19.5 Å². The molecule has 0 bridgehead atoms. The Balaban J connectivity index is 1.55. The predicted molar refractivity (Wildman–Crippen MR) is 92.7 cm³/mol. The van der Waals surface area contributed by atoms with E-state index in [1.807, 2.05) is 0 Å². The third kappa shape index (κ3) is 3.30. The molecule has 10 heteroatoms. The van der Waals surface area contributed by atoms with Gasteiger partial charge in [-0.15, -0.1) is 0 Å². The standard InChI is InChI=1S/C18H18F2N4O4/c1-9-13(25)14(26)18(28-9)24-8-23-12-16(24)21-7-22-17(12)27-6-10-2-4-11(5-3-10)15(19)20/h2-5,7-9,13-15,18,25-26H,6H2,1H3/t9-,13-,14-,18-/m1/s1. The number of aromatic nitrogens is 4. The van der Waals surface area contributed by atoms with Crippen molar-refractivity contribution in [3.05, 3.63) is 48.0 Å². The molecular weight excluding hydrogens is 374 g/mol. The molecule has 4 rings (SSSR count). The number of rotatable bonds is 5. The van der Waals surface area contributed by atoms with Crippen LogP contribution < -0.4 is 4.74 Å². The van der Waals surface area contributed by atoms with Crippen molar-refractivity contribution >= 4 is 11.2 Å². The van der Waals surface area contributed by atoms with Crippen molar-refractivity contribution in [2.24, 2.45) is 0 Å². The van der Waals surface area contributed by atoms with Gasteiger partial charge in [-0.2, -0.15) is 4.98 Å². The molecule has 3 heterocycles. The maximum atomic E-state index is 12.6. The third-order valence-electron chi connectivity index (χ3n) is 4.68. The number of ether oxygens (including phenoxy) is 2. The summed E-state index contributed by atoms with van der Waals surface area (Å²) in [6.07, 6.45) is -3.31. The van der Waals surface area contributed by atoms with Crippen LogP contribution in [0.5, 0.6) is 5.88 Å². The number of nitrogens with zero attached hydrogens (tertiary/aromatic N) is 4. The highest BCUT2D eigenvalue weighted by Gasteiger charge is 2.42. The van der Waals surface area contributed by atoms with E-state index in [1.165, 1.54) is 29.4 Å². The van der Waals surface area contributed by atoms with Gasteiger partial charge in [-0.1, -0.05) is 24.3 Å². The summed E-state index contributed by atoms with van der Waals surface area (Å²) in [6.45, 7) is 1.77. The number of aliphatic hydroxyl groups is 2. The molecule has 0 radical (unpaired) electrons. The molecule has 0 saturated carbocycles. The molecule has 1 aliphatic heterocycles. The molecule has 0 aliphatic carbocycles. The summed E-state index contributed by atoms with van der Waals surface area (Å²) in [5.74, 6) is 0.211. The summed E-state index contributed by atoms with van der Waals surface area (Å²) < 4.78 is 38.1. The van der Waals surface area contributed by atoms with E-state index in [0.29, 0.717) is 16.7 Å². The second kappa shape index (κ2) is 7.38. The van der Waals surface area contributed by atoms with E-state index in [-0.39, 0.29) is 18.1 Å². The summed E-state index contributed by atoms with van der Waals surface area (Å²) >= 11 is 0. The van der Waals surface area contributed by atoms with E-state index in [9.17, 15) is 19.0 Å². The molecule has 0 spiro atoms. The Bertz CT molecular complexity index is 966. The molecule has 1 saturated heterocycles. The van der Waals surface area contributed by atoms with Gasteiger partial charge >= 0.3 is 0 Å². The van der Waals surface area contributed by atoms with Gasteiger partial charge in [-0.25, -0.2) is 18.7 Å². The van der Waals surface area contributed by atoms with Crippen molar-refractivity contribution in [1.29, 1.82) is 0 Å². The summed E-state index contributed by atoms with van der Waals surface area (Å²) in [5, 5.41) is 20.1. The van der Waals surface area contributed by atoms with Crippen molar-refractivity contribution in [3.63, 3.8) is 0 Å². The predicted octanol–water partition coefficient (Wildman–Crippen LogP) is 1.98. The van der Waals surface area contributed by atoms with Crippen LogP contribution in [0.25, 0.3) is 11.2 Å². The van der Waals surface area contributed by atoms with Crippen LogP contribution in [0.15, 0.2) is 36.9 Å². The zero-order valence-corrected chi connectivity index (χ0v) is 14.8. The SMILES string of the molecule is C[C@H]1O[C@@H](n2cnc3c(OCc4ccc(C(F)F)cc4)ncnc32)[C@H](O)[C@@H]1O. The fourth-order valence-corrected chi connectivity index (χ4v) is 3.09. The number of benzene rings is 1. The quantitative estimate of drug-likeness (QED) is 0.684. The highest BCUT2D eigenvalue weighted by atomic mass is 19.3. The maximum absolute atomic E-state index is 12.6. The summed E-state index contributed by atoms with van der Waals surface area (Å²) in [4.78, 5) is 12.5. The number of hydrogen-bond acceptors (Lipinski definition) is 7. The van der Waals surface area contributed by atoms with Gasteiger partial charge in [-0.3, -0.25) is 4.57 Å². The average Bonchev–Trinajstić information content (AvgIpc) is 3.23. The maximum Gasteiger partial charge on any atom is 0.263 e. The number of halogens is 2. The van der Waals surface area contributed by atoms with Gasteiger partial charge in [0, 0.05) is 5.56 Å². The fourth-order valence-electron chi connectivity index (χ4n) is 3.09. The number of fused-ring (bicyclic) bond motifs is 1. The molecule has 0 unspecified atom stereocenters. The van der Waals surface area contributed by atoms with Crippen LogP contribution in [0.2, 0.25) is 0 Å². The van der Waals surface area contributed by atoms with Gasteiger partial charge in [0.25, 0.3) is 6.43 Å². The number of hydrogen-bond donors (Lipinski definition) is 2. The molecular formula is C18H18F2N4O4. The van der Waals surface area contributed by atoms with E-state index in [0.717, 1.165) is 0 Å². The minimum absolute atomic E-state index is 0.0570. The zero-order chi connectivity index (χ0) is 19.8. The first-order valence-corrected chi connectivity index (χ1v) is 8.64. The minimum atomic E-state index is -2.52. The Morgan fingerprint density at radius 2 is 1.89 bits per heavy atom. The van der Waals surface area contributed by atoms with Crippen LogP contribution in [0.3, 0.4) is 0 Å². The van der Waals surface area contributed by atoms with Crippen LogP contribution in [0.4, 0.5) is 8.78 Å². The molecule has 1 aliphatic rings. The van der Waals surface area contributed by atoms with E-state index in [4.69, 9.17) is 9.47 Å². The van der Waals surface area contributed by atoms with Crippen molar-refractivity contribution in [3.8, 4) is 5.88 Å². The van der Waals surface area contributed by atoms with E-state index < -0.39 is 31.0 Å². The minimum Gasteiger partial charge on any atom is -0.471 e. The zero-order valence-electron chi connectivity index (χ0n) is 14.8. The lowest BCUT2D eigenvalue weighted by Gasteiger charge is -2.16. The highest BCUT2D eigenvalue weighted by molar-refractivity contribution is 5.76. The first kappa shape index (κ1) is 18.7. The Morgan fingerprint density at radius 1 is 1.14 bits per heavy atom. The Morgan fingerprint density at radius 3 is 2.54 bits per heavy atom. The molecule has 1 fully saturated rings. The van der Waals surface area contributed by atoms with E-state index >= 15 is 0 Å². The van der Waals surface area contributed by atoms with Crippen molar-refractivity contribution in [2.45, 2.75) is 44.5 Å². The summed E-state index contributed by atoms with van der Waals surface area (Å²) in [5.41, 5.74) is 1.38. The van der Waals surface area contributed by atoms with Gasteiger partial charge in [0.15, 0.2) is 17.4 Å².